The molecule has 134 valence electrons. The van der Waals surface area contributed by atoms with Crippen molar-refractivity contribution < 1.29 is 9.32 Å². The van der Waals surface area contributed by atoms with E-state index in [1.165, 1.54) is 5.56 Å². The molecule has 1 aliphatic heterocycles. The lowest BCUT2D eigenvalue weighted by atomic mass is 10.1. The summed E-state index contributed by atoms with van der Waals surface area (Å²) in [5, 5.41) is 4.67. The first-order valence-electron chi connectivity index (χ1n) is 8.64. The fraction of sp³-hybridized carbons (Fsp3) is 0.500. The number of aryl methyl sites for hydroxylation is 2. The molecule has 1 aromatic heterocycles. The van der Waals surface area contributed by atoms with Crippen LogP contribution in [0.5, 0.6) is 0 Å². The standard InChI is InChI=1S/C18H23ClN4O2/c1-14-20-17(21-25-14)13-22-9-11-23(12-10-22)18(24)4-2-3-15-5-7-16(19)8-6-15/h5-8H,2-4,9-13H2,1H3. The van der Waals surface area contributed by atoms with Crippen molar-refractivity contribution >= 4 is 17.5 Å². The topological polar surface area (TPSA) is 62.5 Å². The van der Waals surface area contributed by atoms with Gasteiger partial charge in [-0.1, -0.05) is 28.9 Å². The van der Waals surface area contributed by atoms with Gasteiger partial charge in [0.2, 0.25) is 11.8 Å². The van der Waals surface area contributed by atoms with Crippen LogP contribution >= 0.6 is 11.6 Å². The van der Waals surface area contributed by atoms with Crippen molar-refractivity contribution in [3.63, 3.8) is 0 Å². The van der Waals surface area contributed by atoms with Crippen LogP contribution in [0, 0.1) is 6.92 Å². The van der Waals surface area contributed by atoms with Crippen molar-refractivity contribution in [2.24, 2.45) is 0 Å². The highest BCUT2D eigenvalue weighted by Gasteiger charge is 2.21. The maximum absolute atomic E-state index is 12.4. The van der Waals surface area contributed by atoms with Gasteiger partial charge in [-0.05, 0) is 30.5 Å². The number of carbonyl (C=O) groups is 1. The normalized spacial score (nSPS) is 15.5. The molecular formula is C18H23ClN4O2. The van der Waals surface area contributed by atoms with Gasteiger partial charge in [0.15, 0.2) is 5.82 Å². The van der Waals surface area contributed by atoms with Crippen molar-refractivity contribution in [3.05, 3.63) is 46.6 Å². The van der Waals surface area contributed by atoms with Crippen LogP contribution in [0.1, 0.15) is 30.1 Å². The molecule has 1 amide bonds. The largest absolute Gasteiger partial charge is 0.340 e. The second-order valence-corrected chi connectivity index (χ2v) is 6.80. The van der Waals surface area contributed by atoms with E-state index in [-0.39, 0.29) is 5.91 Å². The predicted octanol–water partition coefficient (Wildman–Crippen LogP) is 2.70. The molecule has 0 saturated carbocycles. The monoisotopic (exact) mass is 362 g/mol. The number of hydrogen-bond donors (Lipinski definition) is 0. The van der Waals surface area contributed by atoms with Gasteiger partial charge in [0.25, 0.3) is 0 Å². The van der Waals surface area contributed by atoms with E-state index in [9.17, 15) is 4.79 Å². The second-order valence-electron chi connectivity index (χ2n) is 6.37. The summed E-state index contributed by atoms with van der Waals surface area (Å²) in [5.74, 6) is 1.54. The summed E-state index contributed by atoms with van der Waals surface area (Å²) in [6, 6.07) is 7.82. The van der Waals surface area contributed by atoms with Gasteiger partial charge in [-0.3, -0.25) is 9.69 Å². The first-order chi connectivity index (χ1) is 12.1. The van der Waals surface area contributed by atoms with E-state index >= 15 is 0 Å². The molecule has 1 fully saturated rings. The molecule has 0 bridgehead atoms. The van der Waals surface area contributed by atoms with E-state index in [2.05, 4.69) is 15.0 Å². The van der Waals surface area contributed by atoms with Crippen LogP contribution < -0.4 is 0 Å². The summed E-state index contributed by atoms with van der Waals surface area (Å²) >= 11 is 5.88. The zero-order valence-corrected chi connectivity index (χ0v) is 15.2. The van der Waals surface area contributed by atoms with Gasteiger partial charge in [0.05, 0.1) is 6.54 Å². The van der Waals surface area contributed by atoms with Gasteiger partial charge in [-0.25, -0.2) is 0 Å². The van der Waals surface area contributed by atoms with Crippen LogP contribution in [0.15, 0.2) is 28.8 Å². The average molecular weight is 363 g/mol. The minimum Gasteiger partial charge on any atom is -0.340 e. The molecule has 0 spiro atoms. The van der Waals surface area contributed by atoms with Crippen molar-refractivity contribution in [2.75, 3.05) is 26.2 Å². The zero-order valence-electron chi connectivity index (χ0n) is 14.4. The summed E-state index contributed by atoms with van der Waals surface area (Å²) < 4.78 is 4.99. The van der Waals surface area contributed by atoms with Gasteiger partial charge in [-0.2, -0.15) is 4.98 Å². The molecule has 0 aliphatic carbocycles. The lowest BCUT2D eigenvalue weighted by Crippen LogP contribution is -2.48. The molecule has 0 radical (unpaired) electrons. The molecule has 2 heterocycles. The molecule has 0 unspecified atom stereocenters. The second kappa shape index (κ2) is 8.45. The third kappa shape index (κ3) is 5.28. The maximum Gasteiger partial charge on any atom is 0.223 e. The molecule has 2 aromatic rings. The van der Waals surface area contributed by atoms with E-state index in [0.717, 1.165) is 44.0 Å². The van der Waals surface area contributed by atoms with E-state index in [0.29, 0.717) is 24.7 Å². The van der Waals surface area contributed by atoms with Gasteiger partial charge in [0.1, 0.15) is 0 Å². The van der Waals surface area contributed by atoms with E-state index < -0.39 is 0 Å². The van der Waals surface area contributed by atoms with Crippen molar-refractivity contribution in [2.45, 2.75) is 32.7 Å². The highest BCUT2D eigenvalue weighted by molar-refractivity contribution is 6.30. The zero-order chi connectivity index (χ0) is 17.6. The van der Waals surface area contributed by atoms with Gasteiger partial charge in [0, 0.05) is 44.5 Å². The summed E-state index contributed by atoms with van der Waals surface area (Å²) in [5.41, 5.74) is 1.22. The number of amides is 1. The molecule has 1 aromatic carbocycles. The molecule has 3 rings (SSSR count). The third-order valence-electron chi connectivity index (χ3n) is 4.43. The number of aromatic nitrogens is 2. The molecule has 6 nitrogen and oxygen atoms in total. The molecule has 25 heavy (non-hydrogen) atoms. The number of halogens is 1. The van der Waals surface area contributed by atoms with Crippen LogP contribution in [0.3, 0.4) is 0 Å². The molecule has 1 saturated heterocycles. The lowest BCUT2D eigenvalue weighted by molar-refractivity contribution is -0.133. The minimum absolute atomic E-state index is 0.240. The maximum atomic E-state index is 12.4. The Hall–Kier alpha value is -1.92. The number of carbonyl (C=O) groups excluding carboxylic acids is 1. The Morgan fingerprint density at radius 1 is 1.20 bits per heavy atom. The number of benzene rings is 1. The van der Waals surface area contributed by atoms with Crippen molar-refractivity contribution in [1.82, 2.24) is 19.9 Å². The number of piperazine rings is 1. The van der Waals surface area contributed by atoms with Crippen LogP contribution in [0.4, 0.5) is 0 Å². The van der Waals surface area contributed by atoms with Gasteiger partial charge in [-0.15, -0.1) is 0 Å². The van der Waals surface area contributed by atoms with Crippen LogP contribution in [0.25, 0.3) is 0 Å². The fourth-order valence-corrected chi connectivity index (χ4v) is 3.14. The number of hydrogen-bond acceptors (Lipinski definition) is 5. The Labute approximate surface area is 152 Å². The first kappa shape index (κ1) is 17.9. The van der Waals surface area contributed by atoms with Gasteiger partial charge < -0.3 is 9.42 Å². The molecular weight excluding hydrogens is 340 g/mol. The molecule has 1 aliphatic rings. The van der Waals surface area contributed by atoms with Crippen LogP contribution in [-0.2, 0) is 17.8 Å². The SMILES string of the molecule is Cc1nc(CN2CCN(C(=O)CCCc3ccc(Cl)cc3)CC2)no1. The molecule has 7 heteroatoms. The summed E-state index contributed by atoms with van der Waals surface area (Å²) in [7, 11) is 0. The summed E-state index contributed by atoms with van der Waals surface area (Å²) in [4.78, 5) is 20.8. The predicted molar refractivity (Wildman–Crippen MR) is 95.3 cm³/mol. The highest BCUT2D eigenvalue weighted by Crippen LogP contribution is 2.13. The van der Waals surface area contributed by atoms with Crippen LogP contribution in [0.2, 0.25) is 5.02 Å². The number of rotatable bonds is 6. The minimum atomic E-state index is 0.240. The lowest BCUT2D eigenvalue weighted by Gasteiger charge is -2.34. The Morgan fingerprint density at radius 3 is 2.56 bits per heavy atom. The highest BCUT2D eigenvalue weighted by atomic mass is 35.5. The van der Waals surface area contributed by atoms with Crippen molar-refractivity contribution in [3.8, 4) is 0 Å². The Balaban J connectivity index is 1.37. The Morgan fingerprint density at radius 2 is 1.92 bits per heavy atom. The van der Waals surface area contributed by atoms with E-state index in [4.69, 9.17) is 16.1 Å². The van der Waals surface area contributed by atoms with E-state index in [1.54, 1.807) is 6.92 Å². The molecule has 0 atom stereocenters. The smallest absolute Gasteiger partial charge is 0.223 e. The Kier molecular flexibility index (Phi) is 6.04. The Bertz CT molecular complexity index is 693. The first-order valence-corrected chi connectivity index (χ1v) is 9.02. The summed E-state index contributed by atoms with van der Waals surface area (Å²) in [6.45, 7) is 5.67. The van der Waals surface area contributed by atoms with Gasteiger partial charge >= 0.3 is 0 Å². The van der Waals surface area contributed by atoms with E-state index in [1.807, 2.05) is 29.2 Å². The molecule has 0 N–H and O–H groups in total. The average Bonchev–Trinajstić information content (AvgIpc) is 3.02. The van der Waals surface area contributed by atoms with Crippen molar-refractivity contribution in [1.29, 1.82) is 0 Å². The quantitative estimate of drug-likeness (QED) is 0.790. The fourth-order valence-electron chi connectivity index (χ4n) is 3.01. The summed E-state index contributed by atoms with van der Waals surface area (Å²) in [6.07, 6.45) is 2.36. The van der Waals surface area contributed by atoms with Crippen LogP contribution in [-0.4, -0.2) is 52.0 Å². The third-order valence-corrected chi connectivity index (χ3v) is 4.68. The number of nitrogens with zero attached hydrogens (tertiary/aromatic N) is 4.